The molecule has 0 fully saturated rings. The summed E-state index contributed by atoms with van der Waals surface area (Å²) in [7, 11) is 2.90. The van der Waals surface area contributed by atoms with Gasteiger partial charge in [0.15, 0.2) is 17.3 Å². The lowest BCUT2D eigenvalue weighted by molar-refractivity contribution is -0.247. The Morgan fingerprint density at radius 2 is 1.89 bits per heavy atom. The molecule has 6 nitrogen and oxygen atoms in total. The van der Waals surface area contributed by atoms with Crippen molar-refractivity contribution in [3.8, 4) is 11.5 Å². The summed E-state index contributed by atoms with van der Waals surface area (Å²) in [5, 5.41) is 11.2. The van der Waals surface area contributed by atoms with Gasteiger partial charge in [-0.2, -0.15) is 0 Å². The Kier molecular flexibility index (Phi) is 3.33. The third-order valence-corrected chi connectivity index (χ3v) is 3.18. The molecule has 1 unspecified atom stereocenters. The van der Waals surface area contributed by atoms with Crippen molar-refractivity contribution in [2.24, 2.45) is 0 Å². The highest BCUT2D eigenvalue weighted by Crippen LogP contribution is 2.39. The van der Waals surface area contributed by atoms with Crippen molar-refractivity contribution >= 4 is 17.6 Å². The molecule has 0 radical (unpaired) electrons. The van der Waals surface area contributed by atoms with Gasteiger partial charge in [0, 0.05) is 24.1 Å². The molecule has 2 rings (SSSR count). The number of ketones is 1. The summed E-state index contributed by atoms with van der Waals surface area (Å²) < 4.78 is 10.2. The predicted molar refractivity (Wildman–Crippen MR) is 65.8 cm³/mol. The third kappa shape index (κ3) is 2.09. The van der Waals surface area contributed by atoms with Crippen molar-refractivity contribution in [2.45, 2.75) is 19.4 Å². The fourth-order valence-electron chi connectivity index (χ4n) is 2.28. The molecule has 1 aliphatic heterocycles. The van der Waals surface area contributed by atoms with Crippen LogP contribution in [-0.4, -0.2) is 32.1 Å². The van der Waals surface area contributed by atoms with Gasteiger partial charge in [0.1, 0.15) is 6.09 Å². The first-order valence-corrected chi connectivity index (χ1v) is 5.79. The standard InChI is InChI=1S/C13H15NO5/c1-7-4-10(15)8-5-11(18-2)12(19-3)6-9(8)14(7)13(16)17/h5-7H,4H2,1-3H3,(H,16,17)/p-1. The van der Waals surface area contributed by atoms with E-state index in [1.165, 1.54) is 26.4 Å². The zero-order chi connectivity index (χ0) is 14.2. The zero-order valence-corrected chi connectivity index (χ0v) is 10.9. The van der Waals surface area contributed by atoms with Crippen LogP contribution in [0.5, 0.6) is 11.5 Å². The Hall–Kier alpha value is -2.24. The SMILES string of the molecule is COc1cc2c(cc1OC)N(C(=O)[O-])C(C)CC2=O. The summed E-state index contributed by atoms with van der Waals surface area (Å²) in [6, 6.07) is 2.53. The van der Waals surface area contributed by atoms with E-state index in [2.05, 4.69) is 0 Å². The molecule has 1 aromatic rings. The Labute approximate surface area is 110 Å². The zero-order valence-electron chi connectivity index (χ0n) is 10.9. The van der Waals surface area contributed by atoms with Gasteiger partial charge in [-0.15, -0.1) is 0 Å². The van der Waals surface area contributed by atoms with Gasteiger partial charge in [-0.3, -0.25) is 4.79 Å². The molecule has 0 saturated carbocycles. The van der Waals surface area contributed by atoms with E-state index in [4.69, 9.17) is 9.47 Å². The second kappa shape index (κ2) is 4.79. The molecule has 1 atom stereocenters. The maximum Gasteiger partial charge on any atom is 0.167 e. The van der Waals surface area contributed by atoms with Crippen LogP contribution < -0.4 is 19.5 Å². The minimum Gasteiger partial charge on any atom is -0.530 e. The van der Waals surface area contributed by atoms with Crippen LogP contribution in [0.3, 0.4) is 0 Å². The van der Waals surface area contributed by atoms with Gasteiger partial charge >= 0.3 is 0 Å². The van der Waals surface area contributed by atoms with Gasteiger partial charge in [-0.1, -0.05) is 0 Å². The number of carbonyl (C=O) groups excluding carboxylic acids is 2. The van der Waals surface area contributed by atoms with Crippen molar-refractivity contribution in [2.75, 3.05) is 19.1 Å². The van der Waals surface area contributed by atoms with Crippen LogP contribution in [0.1, 0.15) is 23.7 Å². The number of fused-ring (bicyclic) bond motifs is 1. The quantitative estimate of drug-likeness (QED) is 0.790. The molecule has 0 spiro atoms. The molecule has 1 aromatic carbocycles. The maximum absolute atomic E-state index is 12.0. The topological polar surface area (TPSA) is 78.9 Å². The van der Waals surface area contributed by atoms with Crippen LogP contribution in [0.25, 0.3) is 0 Å². The van der Waals surface area contributed by atoms with Crippen LogP contribution in [0.2, 0.25) is 0 Å². The Balaban J connectivity index is 2.64. The molecule has 0 saturated heterocycles. The summed E-state index contributed by atoms with van der Waals surface area (Å²) in [5.74, 6) is 0.637. The number of hydrogen-bond acceptors (Lipinski definition) is 5. The number of carbonyl (C=O) groups is 2. The Bertz CT molecular complexity index is 540. The van der Waals surface area contributed by atoms with E-state index in [1.807, 2.05) is 0 Å². The van der Waals surface area contributed by atoms with Gasteiger partial charge in [0.2, 0.25) is 0 Å². The van der Waals surface area contributed by atoms with E-state index in [-0.39, 0.29) is 17.9 Å². The van der Waals surface area contributed by atoms with Gasteiger partial charge in [0.25, 0.3) is 0 Å². The molecule has 1 aliphatic rings. The molecule has 0 bridgehead atoms. The monoisotopic (exact) mass is 264 g/mol. The average molecular weight is 264 g/mol. The number of ether oxygens (including phenoxy) is 2. The smallest absolute Gasteiger partial charge is 0.167 e. The minimum absolute atomic E-state index is 0.121. The summed E-state index contributed by atoms with van der Waals surface area (Å²) in [6.45, 7) is 1.66. The number of anilines is 1. The van der Waals surface area contributed by atoms with Crippen LogP contribution in [0.4, 0.5) is 10.5 Å². The largest absolute Gasteiger partial charge is 0.530 e. The van der Waals surface area contributed by atoms with Crippen molar-refractivity contribution in [3.63, 3.8) is 0 Å². The van der Waals surface area contributed by atoms with Gasteiger partial charge < -0.3 is 24.3 Å². The normalized spacial score (nSPS) is 17.9. The lowest BCUT2D eigenvalue weighted by atomic mass is 9.95. The third-order valence-electron chi connectivity index (χ3n) is 3.18. The molecule has 1 amide bonds. The average Bonchev–Trinajstić information content (AvgIpc) is 2.36. The number of methoxy groups -OCH3 is 2. The van der Waals surface area contributed by atoms with Gasteiger partial charge in [0.05, 0.1) is 19.9 Å². The first kappa shape index (κ1) is 13.2. The highest BCUT2D eigenvalue weighted by molar-refractivity contribution is 6.08. The Morgan fingerprint density at radius 3 is 2.42 bits per heavy atom. The number of Topliss-reactive ketones (excluding diaryl/α,β-unsaturated/α-hetero) is 1. The molecule has 0 N–H and O–H groups in total. The number of nitrogens with zero attached hydrogens (tertiary/aromatic N) is 1. The van der Waals surface area contributed by atoms with Crippen LogP contribution in [0, 0.1) is 0 Å². The van der Waals surface area contributed by atoms with Gasteiger partial charge in [-0.05, 0) is 13.0 Å². The second-order valence-electron chi connectivity index (χ2n) is 4.34. The number of amides is 1. The van der Waals surface area contributed by atoms with Crippen LogP contribution >= 0.6 is 0 Å². The number of carboxylic acid groups (broad SMARTS) is 1. The molecule has 102 valence electrons. The van der Waals surface area contributed by atoms with Crippen molar-refractivity contribution < 1.29 is 24.2 Å². The summed E-state index contributed by atoms with van der Waals surface area (Å²) in [4.78, 5) is 24.3. The lowest BCUT2D eigenvalue weighted by Crippen LogP contribution is -2.50. The first-order chi connectivity index (χ1) is 8.99. The maximum atomic E-state index is 12.0. The van der Waals surface area contributed by atoms with E-state index in [0.717, 1.165) is 4.90 Å². The van der Waals surface area contributed by atoms with E-state index in [0.29, 0.717) is 17.1 Å². The first-order valence-electron chi connectivity index (χ1n) is 5.79. The van der Waals surface area contributed by atoms with Crippen molar-refractivity contribution in [3.05, 3.63) is 17.7 Å². The fraction of sp³-hybridized carbons (Fsp3) is 0.385. The molecule has 1 heterocycles. The number of rotatable bonds is 2. The summed E-state index contributed by atoms with van der Waals surface area (Å²) >= 11 is 0. The highest BCUT2D eigenvalue weighted by Gasteiger charge is 2.31. The van der Waals surface area contributed by atoms with Crippen LogP contribution in [-0.2, 0) is 0 Å². The van der Waals surface area contributed by atoms with E-state index in [9.17, 15) is 14.7 Å². The van der Waals surface area contributed by atoms with Crippen molar-refractivity contribution in [1.82, 2.24) is 0 Å². The van der Waals surface area contributed by atoms with E-state index < -0.39 is 12.1 Å². The highest BCUT2D eigenvalue weighted by atomic mass is 16.5. The number of benzene rings is 1. The Morgan fingerprint density at radius 1 is 1.32 bits per heavy atom. The molecule has 0 aliphatic carbocycles. The fourth-order valence-corrected chi connectivity index (χ4v) is 2.28. The summed E-state index contributed by atoms with van der Waals surface area (Å²) in [5.41, 5.74) is 0.585. The number of hydrogen-bond donors (Lipinski definition) is 0. The van der Waals surface area contributed by atoms with E-state index >= 15 is 0 Å². The predicted octanol–water partition coefficient (Wildman–Crippen LogP) is 0.828. The second-order valence-corrected chi connectivity index (χ2v) is 4.34. The summed E-state index contributed by atoms with van der Waals surface area (Å²) in [6.07, 6.45) is -1.22. The van der Waals surface area contributed by atoms with Crippen molar-refractivity contribution in [1.29, 1.82) is 0 Å². The lowest BCUT2D eigenvalue weighted by Gasteiger charge is -2.36. The minimum atomic E-state index is -1.34. The molecule has 19 heavy (non-hydrogen) atoms. The van der Waals surface area contributed by atoms with Gasteiger partial charge in [-0.25, -0.2) is 0 Å². The molecule has 0 aromatic heterocycles. The molecular weight excluding hydrogens is 250 g/mol. The van der Waals surface area contributed by atoms with E-state index in [1.54, 1.807) is 6.92 Å². The molecule has 6 heteroatoms. The van der Waals surface area contributed by atoms with Crippen LogP contribution in [0.15, 0.2) is 12.1 Å². The molecular formula is C13H14NO5-.